The van der Waals surface area contributed by atoms with E-state index >= 15 is 0 Å². The number of carbonyl (C=O) groups excluding carboxylic acids is 1. The first-order valence-corrected chi connectivity index (χ1v) is 6.67. The molecule has 0 aliphatic carbocycles. The second-order valence-corrected chi connectivity index (χ2v) is 5.08. The van der Waals surface area contributed by atoms with Gasteiger partial charge in [0, 0.05) is 24.9 Å². The van der Waals surface area contributed by atoms with Crippen LogP contribution in [0.3, 0.4) is 0 Å². The number of hydrogen-bond donors (Lipinski definition) is 1. The Kier molecular flexibility index (Phi) is 6.43. The molecular weight excluding hydrogens is 331 g/mol. The third kappa shape index (κ3) is 5.45. The van der Waals surface area contributed by atoms with Crippen LogP contribution in [0.5, 0.6) is 0 Å². The van der Waals surface area contributed by atoms with Gasteiger partial charge in [0.05, 0.1) is 9.67 Å². The number of pyridine rings is 1. The zero-order valence-corrected chi connectivity index (χ0v) is 12.2. The second-order valence-electron chi connectivity index (χ2n) is 3.92. The van der Waals surface area contributed by atoms with E-state index in [2.05, 4.69) is 32.9 Å². The van der Waals surface area contributed by atoms with Crippen molar-refractivity contribution in [3.8, 4) is 0 Å². The molecule has 0 aromatic carbocycles. The number of anilines is 1. The van der Waals surface area contributed by atoms with E-state index < -0.39 is 0 Å². The van der Waals surface area contributed by atoms with Gasteiger partial charge in [-0.2, -0.15) is 0 Å². The third-order valence-corrected chi connectivity index (χ3v) is 2.89. The highest BCUT2D eigenvalue weighted by Gasteiger charge is 2.02. The van der Waals surface area contributed by atoms with Gasteiger partial charge in [-0.25, -0.2) is 4.98 Å². The van der Waals surface area contributed by atoms with Crippen LogP contribution in [0.4, 0.5) is 5.82 Å². The van der Waals surface area contributed by atoms with E-state index in [-0.39, 0.29) is 6.10 Å². The average Bonchev–Trinajstić information content (AvgIpc) is 2.30. The van der Waals surface area contributed by atoms with E-state index in [1.165, 1.54) is 0 Å². The summed E-state index contributed by atoms with van der Waals surface area (Å²) >= 11 is 2.17. The summed E-state index contributed by atoms with van der Waals surface area (Å²) in [5.41, 5.74) is 0.600. The van der Waals surface area contributed by atoms with Gasteiger partial charge < -0.3 is 10.1 Å². The summed E-state index contributed by atoms with van der Waals surface area (Å²) in [6, 6.07) is 1.81. The smallest absolute Gasteiger partial charge is 0.151 e. The number of nitrogens with zero attached hydrogens (tertiary/aromatic N) is 1. The molecule has 1 N–H and O–H groups in total. The van der Waals surface area contributed by atoms with Gasteiger partial charge in [-0.05, 0) is 48.9 Å². The van der Waals surface area contributed by atoms with Gasteiger partial charge in [0.15, 0.2) is 6.29 Å². The number of carbonyl (C=O) groups is 1. The van der Waals surface area contributed by atoms with Crippen molar-refractivity contribution in [1.29, 1.82) is 0 Å². The molecule has 1 heterocycles. The van der Waals surface area contributed by atoms with Crippen molar-refractivity contribution in [2.45, 2.75) is 26.4 Å². The summed E-state index contributed by atoms with van der Waals surface area (Å²) in [6.45, 7) is 5.61. The minimum Gasteiger partial charge on any atom is -0.379 e. The first-order chi connectivity index (χ1) is 8.13. The van der Waals surface area contributed by atoms with Crippen molar-refractivity contribution in [2.75, 3.05) is 18.5 Å². The van der Waals surface area contributed by atoms with E-state index in [4.69, 9.17) is 4.74 Å². The van der Waals surface area contributed by atoms with Gasteiger partial charge in [0.1, 0.15) is 5.82 Å². The first-order valence-electron chi connectivity index (χ1n) is 5.59. The molecule has 0 aliphatic rings. The van der Waals surface area contributed by atoms with Crippen LogP contribution < -0.4 is 5.32 Å². The molecule has 0 saturated carbocycles. The van der Waals surface area contributed by atoms with E-state index in [1.807, 2.05) is 19.9 Å². The largest absolute Gasteiger partial charge is 0.379 e. The zero-order chi connectivity index (χ0) is 12.7. The van der Waals surface area contributed by atoms with E-state index in [1.54, 1.807) is 6.20 Å². The monoisotopic (exact) mass is 348 g/mol. The number of nitrogens with one attached hydrogen (secondary N) is 1. The van der Waals surface area contributed by atoms with E-state index in [0.29, 0.717) is 5.56 Å². The Bertz CT molecular complexity index is 370. The Morgan fingerprint density at radius 2 is 2.35 bits per heavy atom. The van der Waals surface area contributed by atoms with Crippen molar-refractivity contribution in [3.05, 3.63) is 21.4 Å². The van der Waals surface area contributed by atoms with Crippen LogP contribution in [0.1, 0.15) is 30.6 Å². The maximum Gasteiger partial charge on any atom is 0.151 e. The summed E-state index contributed by atoms with van der Waals surface area (Å²) in [4.78, 5) is 14.7. The SMILES string of the molecule is CC(C)OCCCNc1ncc(C=O)cc1I. The zero-order valence-electron chi connectivity index (χ0n) is 10.1. The quantitative estimate of drug-likeness (QED) is 0.468. The van der Waals surface area contributed by atoms with Crippen LogP contribution in [-0.4, -0.2) is 30.5 Å². The predicted molar refractivity (Wildman–Crippen MR) is 76.5 cm³/mol. The standard InChI is InChI=1S/C12H17IN2O2/c1-9(2)17-5-3-4-14-12-11(13)6-10(8-16)7-15-12/h6-9H,3-5H2,1-2H3,(H,14,15). The van der Waals surface area contributed by atoms with Crippen molar-refractivity contribution in [1.82, 2.24) is 4.98 Å². The fourth-order valence-electron chi connectivity index (χ4n) is 1.25. The summed E-state index contributed by atoms with van der Waals surface area (Å²) in [6.07, 6.45) is 3.59. The maximum atomic E-state index is 10.6. The fourth-order valence-corrected chi connectivity index (χ4v) is 1.93. The topological polar surface area (TPSA) is 51.2 Å². The predicted octanol–water partition coefficient (Wildman–Crippen LogP) is 2.73. The second kappa shape index (κ2) is 7.60. The Morgan fingerprint density at radius 1 is 1.59 bits per heavy atom. The third-order valence-electron chi connectivity index (χ3n) is 2.06. The van der Waals surface area contributed by atoms with Crippen LogP contribution in [0, 0.1) is 3.57 Å². The van der Waals surface area contributed by atoms with Crippen LogP contribution in [0.2, 0.25) is 0 Å². The maximum absolute atomic E-state index is 10.6. The summed E-state index contributed by atoms with van der Waals surface area (Å²) in [7, 11) is 0. The van der Waals surface area contributed by atoms with Gasteiger partial charge in [-0.3, -0.25) is 4.79 Å². The lowest BCUT2D eigenvalue weighted by atomic mass is 10.3. The number of rotatable bonds is 7. The van der Waals surface area contributed by atoms with Crippen molar-refractivity contribution in [3.63, 3.8) is 0 Å². The molecule has 0 atom stereocenters. The molecule has 94 valence electrons. The highest BCUT2D eigenvalue weighted by Crippen LogP contribution is 2.15. The lowest BCUT2D eigenvalue weighted by Crippen LogP contribution is -2.10. The summed E-state index contributed by atoms with van der Waals surface area (Å²) in [5, 5.41) is 3.22. The molecule has 0 unspecified atom stereocenters. The Morgan fingerprint density at radius 3 is 2.94 bits per heavy atom. The molecule has 0 spiro atoms. The molecule has 1 rings (SSSR count). The average molecular weight is 348 g/mol. The highest BCUT2D eigenvalue weighted by molar-refractivity contribution is 14.1. The van der Waals surface area contributed by atoms with Gasteiger partial charge in [0.25, 0.3) is 0 Å². The molecule has 0 fully saturated rings. The van der Waals surface area contributed by atoms with Crippen LogP contribution in [0.15, 0.2) is 12.3 Å². The van der Waals surface area contributed by atoms with Gasteiger partial charge in [0.2, 0.25) is 0 Å². The summed E-state index contributed by atoms with van der Waals surface area (Å²) in [5.74, 6) is 0.820. The van der Waals surface area contributed by atoms with Crippen molar-refractivity contribution >= 4 is 34.7 Å². The summed E-state index contributed by atoms with van der Waals surface area (Å²) < 4.78 is 6.39. The van der Waals surface area contributed by atoms with Gasteiger partial charge >= 0.3 is 0 Å². The normalized spacial score (nSPS) is 10.6. The van der Waals surface area contributed by atoms with Crippen molar-refractivity contribution in [2.24, 2.45) is 0 Å². The van der Waals surface area contributed by atoms with Crippen LogP contribution >= 0.6 is 22.6 Å². The highest BCUT2D eigenvalue weighted by atomic mass is 127. The molecule has 0 saturated heterocycles. The first kappa shape index (κ1) is 14.4. The lowest BCUT2D eigenvalue weighted by Gasteiger charge is -2.09. The van der Waals surface area contributed by atoms with E-state index in [9.17, 15) is 4.79 Å². The molecule has 1 aromatic rings. The molecule has 0 aliphatic heterocycles. The molecule has 1 aromatic heterocycles. The molecular formula is C12H17IN2O2. The fraction of sp³-hybridized carbons (Fsp3) is 0.500. The van der Waals surface area contributed by atoms with Gasteiger partial charge in [-0.1, -0.05) is 0 Å². The molecule has 0 bridgehead atoms. The molecule has 0 amide bonds. The van der Waals surface area contributed by atoms with Gasteiger partial charge in [-0.15, -0.1) is 0 Å². The Labute approximate surface area is 115 Å². The van der Waals surface area contributed by atoms with Crippen molar-refractivity contribution < 1.29 is 9.53 Å². The lowest BCUT2D eigenvalue weighted by molar-refractivity contribution is 0.0787. The van der Waals surface area contributed by atoms with Crippen LogP contribution in [0.25, 0.3) is 0 Å². The molecule has 0 radical (unpaired) electrons. The molecule has 4 nitrogen and oxygen atoms in total. The number of aldehydes is 1. The van der Waals surface area contributed by atoms with E-state index in [0.717, 1.165) is 35.2 Å². The number of aromatic nitrogens is 1. The minimum atomic E-state index is 0.278. The Hall–Kier alpha value is -0.690. The molecule has 5 heteroatoms. The van der Waals surface area contributed by atoms with Crippen LogP contribution in [-0.2, 0) is 4.74 Å². The number of halogens is 1. The number of hydrogen-bond acceptors (Lipinski definition) is 4. The minimum absolute atomic E-state index is 0.278. The molecule has 17 heavy (non-hydrogen) atoms. The number of ether oxygens (including phenoxy) is 1. The Balaban J connectivity index is 2.34.